The summed E-state index contributed by atoms with van der Waals surface area (Å²) in [6.45, 7) is 0.613. The number of anilines is 1. The van der Waals surface area contributed by atoms with E-state index in [1.54, 1.807) is 31.4 Å². The van der Waals surface area contributed by atoms with Crippen LogP contribution in [0, 0.1) is 0 Å². The number of hydrogen-bond donors (Lipinski definition) is 2. The van der Waals surface area contributed by atoms with Crippen LogP contribution in [0.5, 0.6) is 0 Å². The zero-order valence-electron chi connectivity index (χ0n) is 18.0. The molecule has 3 N–H and O–H groups in total. The summed E-state index contributed by atoms with van der Waals surface area (Å²) in [5, 5.41) is 3.25. The van der Waals surface area contributed by atoms with E-state index in [0.717, 1.165) is 22.3 Å². The van der Waals surface area contributed by atoms with Crippen molar-refractivity contribution in [2.75, 3.05) is 32.6 Å². The number of nitrogens with zero attached hydrogens (tertiary/aromatic N) is 1. The topological polar surface area (TPSA) is 137 Å². The summed E-state index contributed by atoms with van der Waals surface area (Å²) in [5.41, 5.74) is 10.1. The van der Waals surface area contributed by atoms with Crippen molar-refractivity contribution in [1.82, 2.24) is 10.4 Å². The van der Waals surface area contributed by atoms with Gasteiger partial charge in [0.15, 0.2) is 0 Å². The minimum atomic E-state index is -1.16. The van der Waals surface area contributed by atoms with Gasteiger partial charge in [-0.2, -0.15) is 0 Å². The Labute approximate surface area is 189 Å². The second-order valence-electron chi connectivity index (χ2n) is 7.65. The molecule has 10 nitrogen and oxygen atoms in total. The molecule has 10 heteroatoms. The number of ether oxygens (including phenoxy) is 2. The molecule has 0 saturated carbocycles. The summed E-state index contributed by atoms with van der Waals surface area (Å²) < 4.78 is 10.2. The van der Waals surface area contributed by atoms with Crippen molar-refractivity contribution >= 4 is 29.6 Å². The van der Waals surface area contributed by atoms with E-state index in [1.807, 2.05) is 12.1 Å². The summed E-state index contributed by atoms with van der Waals surface area (Å²) >= 11 is 0. The van der Waals surface area contributed by atoms with E-state index in [2.05, 4.69) is 5.32 Å². The molecule has 0 spiro atoms. The van der Waals surface area contributed by atoms with Crippen LogP contribution in [-0.2, 0) is 23.9 Å². The van der Waals surface area contributed by atoms with Gasteiger partial charge in [0.05, 0.1) is 6.61 Å². The Morgan fingerprint density at radius 1 is 1.12 bits per heavy atom. The van der Waals surface area contributed by atoms with Gasteiger partial charge in [0.1, 0.15) is 6.61 Å². The van der Waals surface area contributed by atoms with E-state index in [9.17, 15) is 19.2 Å². The SMILES string of the molecule is COCCNC(=O)c1cccc2c1-c1ccc(N)cc1C2COC(=O)ON1C(=O)CCC1=O. The van der Waals surface area contributed by atoms with E-state index in [-0.39, 0.29) is 25.4 Å². The summed E-state index contributed by atoms with van der Waals surface area (Å²) in [5.74, 6) is -1.85. The predicted octanol–water partition coefficient (Wildman–Crippen LogP) is 1.97. The fourth-order valence-electron chi connectivity index (χ4n) is 4.07. The summed E-state index contributed by atoms with van der Waals surface area (Å²) in [6, 6.07) is 10.7. The monoisotopic (exact) mass is 453 g/mol. The van der Waals surface area contributed by atoms with Crippen molar-refractivity contribution in [2.24, 2.45) is 0 Å². The van der Waals surface area contributed by atoms with Crippen molar-refractivity contribution < 1.29 is 33.5 Å². The maximum atomic E-state index is 12.8. The number of methoxy groups -OCH3 is 1. The molecule has 1 unspecified atom stereocenters. The minimum Gasteiger partial charge on any atom is -0.432 e. The fourth-order valence-corrected chi connectivity index (χ4v) is 4.07. The van der Waals surface area contributed by atoms with Crippen molar-refractivity contribution in [3.05, 3.63) is 53.1 Å². The van der Waals surface area contributed by atoms with Crippen molar-refractivity contribution in [2.45, 2.75) is 18.8 Å². The molecule has 3 amide bonds. The maximum Gasteiger partial charge on any atom is 0.533 e. The van der Waals surface area contributed by atoms with Crippen LogP contribution in [0.15, 0.2) is 36.4 Å². The number of hydroxylamine groups is 2. The van der Waals surface area contributed by atoms with Crippen LogP contribution in [0.1, 0.15) is 40.2 Å². The van der Waals surface area contributed by atoms with Crippen LogP contribution in [-0.4, -0.2) is 55.8 Å². The van der Waals surface area contributed by atoms with Gasteiger partial charge < -0.3 is 20.5 Å². The number of fused-ring (bicyclic) bond motifs is 3. The Balaban J connectivity index is 1.58. The number of rotatable bonds is 7. The number of nitrogens with two attached hydrogens (primary N) is 1. The molecule has 2 aliphatic rings. The van der Waals surface area contributed by atoms with Gasteiger partial charge in [-0.25, -0.2) is 4.79 Å². The number of carbonyl (C=O) groups excluding carboxylic acids is 4. The third-order valence-electron chi connectivity index (χ3n) is 5.57. The Bertz CT molecular complexity index is 1120. The first-order valence-electron chi connectivity index (χ1n) is 10.4. The highest BCUT2D eigenvalue weighted by molar-refractivity contribution is 6.04. The van der Waals surface area contributed by atoms with E-state index in [4.69, 9.17) is 20.0 Å². The van der Waals surface area contributed by atoms with Gasteiger partial charge in [0.25, 0.3) is 17.7 Å². The lowest BCUT2D eigenvalue weighted by Gasteiger charge is -2.16. The van der Waals surface area contributed by atoms with Crippen LogP contribution >= 0.6 is 0 Å². The van der Waals surface area contributed by atoms with Crippen LogP contribution in [0.4, 0.5) is 10.5 Å². The van der Waals surface area contributed by atoms with Crippen molar-refractivity contribution in [3.8, 4) is 11.1 Å². The number of imide groups is 1. The van der Waals surface area contributed by atoms with Crippen molar-refractivity contribution in [1.29, 1.82) is 0 Å². The molecule has 0 aromatic heterocycles. The number of carbonyl (C=O) groups is 4. The molecular weight excluding hydrogens is 430 g/mol. The second kappa shape index (κ2) is 9.29. The van der Waals surface area contributed by atoms with Gasteiger partial charge in [-0.15, -0.1) is 0 Å². The quantitative estimate of drug-likeness (QED) is 0.281. The van der Waals surface area contributed by atoms with Gasteiger partial charge in [0.2, 0.25) is 0 Å². The van der Waals surface area contributed by atoms with Crippen LogP contribution in [0.25, 0.3) is 11.1 Å². The number of hydrogen-bond acceptors (Lipinski definition) is 8. The van der Waals surface area contributed by atoms with Gasteiger partial charge >= 0.3 is 6.16 Å². The highest BCUT2D eigenvalue weighted by Gasteiger charge is 2.36. The molecule has 1 heterocycles. The number of nitrogen functional groups attached to an aromatic ring is 1. The van der Waals surface area contributed by atoms with E-state index >= 15 is 0 Å². The van der Waals surface area contributed by atoms with Gasteiger partial charge in [-0.1, -0.05) is 23.3 Å². The van der Waals surface area contributed by atoms with Crippen LogP contribution in [0.2, 0.25) is 0 Å². The van der Waals surface area contributed by atoms with Crippen LogP contribution < -0.4 is 11.1 Å². The van der Waals surface area contributed by atoms with Gasteiger partial charge in [-0.05, 0) is 40.5 Å². The number of nitrogens with one attached hydrogen (secondary N) is 1. The van der Waals surface area contributed by atoms with E-state index in [1.165, 1.54) is 0 Å². The van der Waals surface area contributed by atoms with Crippen molar-refractivity contribution in [3.63, 3.8) is 0 Å². The minimum absolute atomic E-state index is 0.00993. The third kappa shape index (κ3) is 4.37. The lowest BCUT2D eigenvalue weighted by molar-refractivity contribution is -0.177. The predicted molar refractivity (Wildman–Crippen MR) is 116 cm³/mol. The lowest BCUT2D eigenvalue weighted by atomic mass is 9.96. The van der Waals surface area contributed by atoms with Gasteiger partial charge in [-0.3, -0.25) is 19.2 Å². The molecule has 1 fully saturated rings. The zero-order chi connectivity index (χ0) is 23.5. The standard InChI is InChI=1S/C23H23N3O7/c1-31-10-9-25-22(29)16-4-2-3-14-18(17-11-13(24)5-6-15(17)21(14)16)12-32-23(30)33-26-19(27)7-8-20(26)28/h2-6,11,18H,7-10,12,24H2,1H3,(H,25,29). The average Bonchev–Trinajstić information content (AvgIpc) is 3.28. The van der Waals surface area contributed by atoms with E-state index < -0.39 is 23.9 Å². The first-order valence-corrected chi connectivity index (χ1v) is 10.4. The average molecular weight is 453 g/mol. The Morgan fingerprint density at radius 2 is 1.88 bits per heavy atom. The molecule has 2 aromatic carbocycles. The Hall–Kier alpha value is -3.92. The van der Waals surface area contributed by atoms with Gasteiger partial charge in [0, 0.05) is 43.7 Å². The molecule has 1 atom stereocenters. The molecule has 4 rings (SSSR count). The maximum absolute atomic E-state index is 12.8. The highest BCUT2D eigenvalue weighted by atomic mass is 16.8. The second-order valence-corrected chi connectivity index (χ2v) is 7.65. The molecule has 1 aliphatic heterocycles. The van der Waals surface area contributed by atoms with Crippen LogP contribution in [0.3, 0.4) is 0 Å². The Kier molecular flexibility index (Phi) is 6.27. The number of benzene rings is 2. The first-order chi connectivity index (χ1) is 15.9. The summed E-state index contributed by atoms with van der Waals surface area (Å²) in [6.07, 6.45) is -1.18. The van der Waals surface area contributed by atoms with E-state index in [0.29, 0.717) is 29.5 Å². The zero-order valence-corrected chi connectivity index (χ0v) is 18.0. The largest absolute Gasteiger partial charge is 0.533 e. The molecule has 172 valence electrons. The first kappa shape index (κ1) is 22.3. The molecule has 1 saturated heterocycles. The molecule has 1 aliphatic carbocycles. The smallest absolute Gasteiger partial charge is 0.432 e. The lowest BCUT2D eigenvalue weighted by Crippen LogP contribution is -2.32. The Morgan fingerprint density at radius 3 is 2.61 bits per heavy atom. The highest BCUT2D eigenvalue weighted by Crippen LogP contribution is 2.47. The molecular formula is C23H23N3O7. The summed E-state index contributed by atoms with van der Waals surface area (Å²) in [7, 11) is 1.55. The normalized spacial score (nSPS) is 16.4. The number of amides is 3. The fraction of sp³-hybridized carbons (Fsp3) is 0.304. The molecule has 33 heavy (non-hydrogen) atoms. The summed E-state index contributed by atoms with van der Waals surface area (Å²) in [4.78, 5) is 53.1. The molecule has 0 radical (unpaired) electrons. The third-order valence-corrected chi connectivity index (χ3v) is 5.57. The molecule has 2 aromatic rings. The molecule has 0 bridgehead atoms.